The predicted octanol–water partition coefficient (Wildman–Crippen LogP) is 0.741. The fourth-order valence-corrected chi connectivity index (χ4v) is 3.20. The van der Waals surface area contributed by atoms with Gasteiger partial charge in [0.15, 0.2) is 9.84 Å². The van der Waals surface area contributed by atoms with E-state index in [1.165, 1.54) is 5.41 Å². The summed E-state index contributed by atoms with van der Waals surface area (Å²) >= 11 is 0. The minimum atomic E-state index is -3.11. The highest BCUT2D eigenvalue weighted by atomic mass is 32.2. The number of hydrogen-bond acceptors (Lipinski definition) is 5. The summed E-state index contributed by atoms with van der Waals surface area (Å²) in [7, 11) is -3.11. The second kappa shape index (κ2) is 5.54. The van der Waals surface area contributed by atoms with Crippen molar-refractivity contribution in [1.82, 2.24) is 5.32 Å². The molecule has 1 aliphatic heterocycles. The quantitative estimate of drug-likeness (QED) is 0.711. The summed E-state index contributed by atoms with van der Waals surface area (Å²) in [6.45, 7) is 2.38. The van der Waals surface area contributed by atoms with Crippen LogP contribution in [0.2, 0.25) is 0 Å². The maximum Gasteiger partial charge on any atom is 0.251 e. The predicted molar refractivity (Wildman–Crippen MR) is 79.2 cm³/mol. The zero-order valence-electron chi connectivity index (χ0n) is 11.1. The van der Waals surface area contributed by atoms with Crippen molar-refractivity contribution in [3.8, 4) is 0 Å². The van der Waals surface area contributed by atoms with Gasteiger partial charge in [-0.3, -0.25) is 4.79 Å². The van der Waals surface area contributed by atoms with Gasteiger partial charge >= 0.3 is 0 Å². The smallest absolute Gasteiger partial charge is 0.251 e. The summed E-state index contributed by atoms with van der Waals surface area (Å²) in [6.07, 6.45) is 1.59. The van der Waals surface area contributed by atoms with Gasteiger partial charge in [0.2, 0.25) is 0 Å². The SMILES string of the molecule is CCNC(=O)c1ccc(NC2C=CS(=O)(=O)C2)c(N)c1. The number of amides is 1. The lowest BCUT2D eigenvalue weighted by atomic mass is 10.1. The number of carbonyl (C=O) groups excluding carboxylic acids is 1. The van der Waals surface area contributed by atoms with Crippen LogP contribution in [0.1, 0.15) is 17.3 Å². The van der Waals surface area contributed by atoms with Crippen LogP contribution in [0.25, 0.3) is 0 Å². The summed E-state index contributed by atoms with van der Waals surface area (Å²) in [6, 6.07) is 4.60. The van der Waals surface area contributed by atoms with Gasteiger partial charge in [-0.1, -0.05) is 6.08 Å². The molecule has 1 aromatic carbocycles. The highest BCUT2D eigenvalue weighted by Gasteiger charge is 2.22. The Morgan fingerprint density at radius 2 is 2.20 bits per heavy atom. The third kappa shape index (κ3) is 3.30. The van der Waals surface area contributed by atoms with E-state index in [9.17, 15) is 13.2 Å². The van der Waals surface area contributed by atoms with Crippen LogP contribution in [0.3, 0.4) is 0 Å². The topological polar surface area (TPSA) is 101 Å². The van der Waals surface area contributed by atoms with Crippen molar-refractivity contribution in [2.45, 2.75) is 13.0 Å². The maximum absolute atomic E-state index is 11.7. The lowest BCUT2D eigenvalue weighted by Gasteiger charge is -2.14. The molecule has 1 aliphatic rings. The van der Waals surface area contributed by atoms with E-state index in [2.05, 4.69) is 10.6 Å². The first-order valence-corrected chi connectivity index (χ1v) is 7.98. The number of nitrogens with two attached hydrogens (primary N) is 1. The van der Waals surface area contributed by atoms with Crippen LogP contribution in [0, 0.1) is 0 Å². The second-order valence-corrected chi connectivity index (χ2v) is 6.50. The Balaban J connectivity index is 2.11. The number of sulfone groups is 1. The Hall–Kier alpha value is -2.02. The molecule has 1 heterocycles. The normalized spacial score (nSPS) is 19.8. The highest BCUT2D eigenvalue weighted by Crippen LogP contribution is 2.23. The van der Waals surface area contributed by atoms with Crippen molar-refractivity contribution < 1.29 is 13.2 Å². The minimum Gasteiger partial charge on any atom is -0.397 e. The van der Waals surface area contributed by atoms with Crippen molar-refractivity contribution in [2.75, 3.05) is 23.3 Å². The van der Waals surface area contributed by atoms with Gasteiger partial charge in [-0.05, 0) is 25.1 Å². The maximum atomic E-state index is 11.7. The molecule has 2 rings (SSSR count). The van der Waals surface area contributed by atoms with Crippen LogP contribution in [-0.2, 0) is 9.84 Å². The van der Waals surface area contributed by atoms with Crippen LogP contribution in [0.15, 0.2) is 29.7 Å². The monoisotopic (exact) mass is 295 g/mol. The molecule has 0 spiro atoms. The van der Waals surface area contributed by atoms with Crippen molar-refractivity contribution in [1.29, 1.82) is 0 Å². The molecule has 1 unspecified atom stereocenters. The van der Waals surface area contributed by atoms with Crippen LogP contribution in [0.4, 0.5) is 11.4 Å². The van der Waals surface area contributed by atoms with E-state index in [4.69, 9.17) is 5.73 Å². The number of carbonyl (C=O) groups is 1. The van der Waals surface area contributed by atoms with Gasteiger partial charge in [0.25, 0.3) is 5.91 Å². The first-order valence-electron chi connectivity index (χ1n) is 6.26. The van der Waals surface area contributed by atoms with E-state index < -0.39 is 9.84 Å². The Kier molecular flexibility index (Phi) is 3.99. The fourth-order valence-electron chi connectivity index (χ4n) is 1.96. The third-order valence-electron chi connectivity index (χ3n) is 2.92. The van der Waals surface area contributed by atoms with E-state index in [-0.39, 0.29) is 17.7 Å². The zero-order valence-corrected chi connectivity index (χ0v) is 11.9. The standard InChI is InChI=1S/C13H17N3O3S/c1-2-15-13(17)9-3-4-12(11(14)7-9)16-10-5-6-20(18,19)8-10/h3-7,10,16H,2,8,14H2,1H3,(H,15,17). The van der Waals surface area contributed by atoms with Crippen LogP contribution < -0.4 is 16.4 Å². The van der Waals surface area contributed by atoms with E-state index in [0.29, 0.717) is 23.5 Å². The molecular formula is C13H17N3O3S. The van der Waals surface area contributed by atoms with Gasteiger partial charge in [-0.15, -0.1) is 0 Å². The third-order valence-corrected chi connectivity index (χ3v) is 4.32. The number of nitrogens with one attached hydrogen (secondary N) is 2. The van der Waals surface area contributed by atoms with Crippen molar-refractivity contribution in [3.63, 3.8) is 0 Å². The van der Waals surface area contributed by atoms with Gasteiger partial charge < -0.3 is 16.4 Å². The highest BCUT2D eigenvalue weighted by molar-refractivity contribution is 7.94. The molecule has 6 nitrogen and oxygen atoms in total. The Morgan fingerprint density at radius 1 is 1.45 bits per heavy atom. The van der Waals surface area contributed by atoms with Gasteiger partial charge in [0.1, 0.15) is 0 Å². The molecule has 1 aromatic rings. The molecule has 1 atom stereocenters. The summed E-state index contributed by atoms with van der Waals surface area (Å²) in [5.74, 6) is -0.168. The molecule has 1 amide bonds. The molecule has 108 valence electrons. The van der Waals surface area contributed by atoms with Crippen molar-refractivity contribution in [3.05, 3.63) is 35.2 Å². The van der Waals surface area contributed by atoms with Crippen molar-refractivity contribution in [2.24, 2.45) is 0 Å². The molecule has 7 heteroatoms. The first-order chi connectivity index (χ1) is 9.41. The van der Waals surface area contributed by atoms with Gasteiger partial charge in [-0.25, -0.2) is 8.42 Å². The molecule has 0 aliphatic carbocycles. The second-order valence-electron chi connectivity index (χ2n) is 4.57. The number of nitrogen functional groups attached to an aromatic ring is 1. The van der Waals surface area contributed by atoms with Crippen molar-refractivity contribution >= 4 is 27.1 Å². The molecule has 0 aromatic heterocycles. The number of anilines is 2. The Labute approximate surface area is 118 Å². The van der Waals surface area contributed by atoms with E-state index in [1.54, 1.807) is 24.3 Å². The van der Waals surface area contributed by atoms with E-state index in [0.717, 1.165) is 0 Å². The molecule has 0 saturated carbocycles. The Morgan fingerprint density at radius 3 is 2.75 bits per heavy atom. The Bertz CT molecular complexity index is 653. The lowest BCUT2D eigenvalue weighted by molar-refractivity contribution is 0.0956. The van der Waals surface area contributed by atoms with Gasteiger partial charge in [0.05, 0.1) is 23.2 Å². The minimum absolute atomic E-state index is 0.0184. The molecule has 0 radical (unpaired) electrons. The number of benzene rings is 1. The summed E-state index contributed by atoms with van der Waals surface area (Å²) < 4.78 is 22.6. The molecule has 0 saturated heterocycles. The largest absolute Gasteiger partial charge is 0.397 e. The van der Waals surface area contributed by atoms with Gasteiger partial charge in [-0.2, -0.15) is 0 Å². The molecular weight excluding hydrogens is 278 g/mol. The van der Waals surface area contributed by atoms with Gasteiger partial charge in [0, 0.05) is 17.5 Å². The van der Waals surface area contributed by atoms with E-state index >= 15 is 0 Å². The fraction of sp³-hybridized carbons (Fsp3) is 0.308. The first kappa shape index (κ1) is 14.4. The number of hydrogen-bond donors (Lipinski definition) is 3. The summed E-state index contributed by atoms with van der Waals surface area (Å²) in [4.78, 5) is 11.7. The average molecular weight is 295 g/mol. The average Bonchev–Trinajstić information content (AvgIpc) is 2.71. The zero-order chi connectivity index (χ0) is 14.8. The summed E-state index contributed by atoms with van der Waals surface area (Å²) in [5.41, 5.74) is 7.39. The number of rotatable bonds is 4. The van der Waals surface area contributed by atoms with Crippen LogP contribution in [-0.4, -0.2) is 32.7 Å². The molecule has 0 fully saturated rings. The van der Waals surface area contributed by atoms with E-state index in [1.807, 2.05) is 6.92 Å². The van der Waals surface area contributed by atoms with Crippen LogP contribution in [0.5, 0.6) is 0 Å². The molecule has 20 heavy (non-hydrogen) atoms. The summed E-state index contributed by atoms with van der Waals surface area (Å²) in [5, 5.41) is 6.93. The van der Waals surface area contributed by atoms with Crippen LogP contribution >= 0.6 is 0 Å². The lowest BCUT2D eigenvalue weighted by Crippen LogP contribution is -2.24. The molecule has 4 N–H and O–H groups in total. The molecule has 0 bridgehead atoms.